The highest BCUT2D eigenvalue weighted by molar-refractivity contribution is 6.22. The van der Waals surface area contributed by atoms with Crippen molar-refractivity contribution in [3.63, 3.8) is 0 Å². The molecule has 0 heterocycles. The molecule has 454 valence electrons. The maximum absolute atomic E-state index is 12.9. The van der Waals surface area contributed by atoms with E-state index in [0.717, 1.165) is 86.4 Å². The lowest BCUT2D eigenvalue weighted by molar-refractivity contribution is -0.874. The lowest BCUT2D eigenvalue weighted by atomic mass is 9.70. The summed E-state index contributed by atoms with van der Waals surface area (Å²) < 4.78 is 11.9. The van der Waals surface area contributed by atoms with Crippen molar-refractivity contribution in [1.29, 1.82) is 0 Å². The van der Waals surface area contributed by atoms with E-state index < -0.39 is 11.9 Å². The van der Waals surface area contributed by atoms with Crippen molar-refractivity contribution in [2.75, 3.05) is 6.61 Å². The molecule has 0 aliphatic heterocycles. The Morgan fingerprint density at radius 2 is 0.862 bits per heavy atom. The molecule has 7 aromatic rings. The number of carbonyl (C=O) groups is 2. The van der Waals surface area contributed by atoms with Crippen molar-refractivity contribution in [2.45, 2.75) is 143 Å². The van der Waals surface area contributed by atoms with Crippen molar-refractivity contribution in [3.05, 3.63) is 144 Å². The zero-order chi connectivity index (χ0) is 61.1. The van der Waals surface area contributed by atoms with Crippen LogP contribution in [0.15, 0.2) is 121 Å². The molecule has 0 unspecified atom stereocenters. The fraction of sp³-hybridized carbons (Fsp3) is 0.333. The Bertz CT molecular complexity index is 3590. The smallest absolute Gasteiger partial charge is 0.421 e. The molecule has 0 saturated carbocycles. The van der Waals surface area contributed by atoms with Gasteiger partial charge in [-0.3, -0.25) is 4.89 Å². The molecule has 0 amide bonds. The van der Waals surface area contributed by atoms with Gasteiger partial charge in [-0.15, -0.1) is 0 Å². The van der Waals surface area contributed by atoms with E-state index in [2.05, 4.69) is 227 Å². The SMILES string of the molecule is CCCCCCCCOc1ccc(-c2c3ccc(C)cc3c(-c3ccc(OC(=O)C#CC#CC#CC(=O)OOOOOOOOOOOOOO)cc3)c3ccc(-c4ccc5c(c4)C(CCCCCC)(CCCCCC)c4cc(C)ccc4-5)cc23)cc1. The average molecular weight is 1190 g/mol. The average Bonchev–Trinajstić information content (AvgIpc) is 1.73. The predicted octanol–water partition coefficient (Wildman–Crippen LogP) is 16.7. The monoisotopic (exact) mass is 1190 g/mol. The molecule has 0 saturated heterocycles. The zero-order valence-electron chi connectivity index (χ0n) is 49.5. The normalized spacial score (nSPS) is 11.9. The van der Waals surface area contributed by atoms with Crippen LogP contribution in [0.5, 0.6) is 11.5 Å². The molecule has 18 heteroatoms. The van der Waals surface area contributed by atoms with Gasteiger partial charge in [0.1, 0.15) is 11.5 Å². The van der Waals surface area contributed by atoms with Crippen molar-refractivity contribution in [3.8, 4) is 91.5 Å². The first-order valence-corrected chi connectivity index (χ1v) is 29.4. The number of esters is 1. The topological polar surface area (TPSA) is 193 Å². The third-order valence-corrected chi connectivity index (χ3v) is 15.2. The largest absolute Gasteiger partial charge is 0.494 e. The molecular weight excluding hydrogens is 1120 g/mol. The van der Waals surface area contributed by atoms with Gasteiger partial charge in [-0.2, -0.15) is 0 Å². The molecule has 87 heavy (non-hydrogen) atoms. The van der Waals surface area contributed by atoms with Gasteiger partial charge in [-0.05, 0) is 201 Å². The summed E-state index contributed by atoms with van der Waals surface area (Å²) in [6.45, 7) is 11.9. The lowest BCUT2D eigenvalue weighted by Crippen LogP contribution is -2.25. The van der Waals surface area contributed by atoms with E-state index in [9.17, 15) is 9.59 Å². The van der Waals surface area contributed by atoms with Crippen LogP contribution in [0.4, 0.5) is 0 Å². The standard InChI is InChI=1S/C69H70O18/c1-6-9-12-15-18-23-44-73-55-34-28-51(29-35-55)68-59-39-27-49(4)45-61(59)67(52-30-36-56(37-31-52)74-65(70)24-19-16-17-20-25-66(71)75-77-79-81-83-85-87-86-84-82-80-78-76-72)60-41-33-53(47-62(60)68)54-32-40-58-57-38-26-50(5)46-63(57)69(64(58)48-54,42-21-13-10-7-2)43-22-14-11-8-3/h26-41,45-48,72H,6-15,18,21-23,42-44H2,1-5H3. The first-order chi connectivity index (χ1) is 42.7. The molecule has 0 spiro atoms. The van der Waals surface area contributed by atoms with E-state index in [0.29, 0.717) is 6.61 Å². The van der Waals surface area contributed by atoms with E-state index in [-0.39, 0.29) is 11.2 Å². The van der Waals surface area contributed by atoms with Crippen molar-refractivity contribution < 1.29 is 89.7 Å². The maximum Gasteiger partial charge on any atom is 0.421 e. The summed E-state index contributed by atoms with van der Waals surface area (Å²) in [6.07, 6.45) is 19.2. The number of rotatable bonds is 34. The number of hydrogen-bond acceptors (Lipinski definition) is 18. The van der Waals surface area contributed by atoms with Crippen molar-refractivity contribution >= 4 is 33.5 Å². The number of benzene rings is 7. The van der Waals surface area contributed by atoms with Crippen molar-refractivity contribution in [1.82, 2.24) is 0 Å². The van der Waals surface area contributed by atoms with E-state index in [4.69, 9.17) is 14.7 Å². The Morgan fingerprint density at radius 1 is 0.414 bits per heavy atom. The fourth-order valence-corrected chi connectivity index (χ4v) is 11.3. The molecule has 7 aromatic carbocycles. The quantitative estimate of drug-likeness (QED) is 0.00584. The minimum Gasteiger partial charge on any atom is -0.494 e. The van der Waals surface area contributed by atoms with Crippen LogP contribution >= 0.6 is 0 Å². The van der Waals surface area contributed by atoms with Gasteiger partial charge in [0.2, 0.25) is 0 Å². The molecule has 0 fully saturated rings. The van der Waals surface area contributed by atoms with Crippen LogP contribution in [0.3, 0.4) is 0 Å². The van der Waals surface area contributed by atoms with Crippen LogP contribution in [0, 0.1) is 49.4 Å². The summed E-state index contributed by atoms with van der Waals surface area (Å²) in [5, 5.41) is 55.1. The molecule has 1 aliphatic rings. The summed E-state index contributed by atoms with van der Waals surface area (Å²) >= 11 is 0. The molecular formula is C69H70O18. The second kappa shape index (κ2) is 34.3. The number of carbonyl (C=O) groups excluding carboxylic acids is 2. The Kier molecular flexibility index (Phi) is 25.6. The summed E-state index contributed by atoms with van der Waals surface area (Å²) in [6, 6.07) is 44.0. The van der Waals surface area contributed by atoms with E-state index >= 15 is 0 Å². The van der Waals surface area contributed by atoms with Crippen LogP contribution in [0.2, 0.25) is 0 Å². The van der Waals surface area contributed by atoms with Crippen LogP contribution < -0.4 is 9.47 Å². The Hall–Kier alpha value is -8.04. The van der Waals surface area contributed by atoms with Gasteiger partial charge in [0, 0.05) is 47.5 Å². The van der Waals surface area contributed by atoms with Crippen molar-refractivity contribution in [2.24, 2.45) is 0 Å². The minimum absolute atomic E-state index is 0.0631. The second-order valence-electron chi connectivity index (χ2n) is 21.1. The van der Waals surface area contributed by atoms with Gasteiger partial charge in [-0.1, -0.05) is 200 Å². The summed E-state index contributed by atoms with van der Waals surface area (Å²) in [7, 11) is 0. The summed E-state index contributed by atoms with van der Waals surface area (Å²) in [5.74, 6) is 12.3. The lowest BCUT2D eigenvalue weighted by Gasteiger charge is -2.33. The van der Waals surface area contributed by atoms with Crippen LogP contribution in [-0.2, 0) is 80.4 Å². The molecule has 1 aliphatic carbocycles. The molecule has 1 N–H and O–H groups in total. The summed E-state index contributed by atoms with van der Waals surface area (Å²) in [5.41, 5.74) is 14.6. The molecule has 0 radical (unpaired) electrons. The molecule has 18 nitrogen and oxygen atoms in total. The summed E-state index contributed by atoms with van der Waals surface area (Å²) in [4.78, 5) is 28.6. The predicted molar refractivity (Wildman–Crippen MR) is 321 cm³/mol. The number of unbranched alkanes of at least 4 members (excludes halogenated alkanes) is 11. The Labute approximate surface area is 505 Å². The molecule has 0 aromatic heterocycles. The first-order valence-electron chi connectivity index (χ1n) is 29.4. The van der Waals surface area contributed by atoms with Crippen LogP contribution in [0.25, 0.3) is 66.1 Å². The van der Waals surface area contributed by atoms with Gasteiger partial charge in [0.05, 0.1) is 6.61 Å². The Balaban J connectivity index is 1.06. The fourth-order valence-electron chi connectivity index (χ4n) is 11.3. The van der Waals surface area contributed by atoms with E-state index in [1.165, 1.54) is 110 Å². The number of ether oxygens (including phenoxy) is 2. The molecule has 0 atom stereocenters. The number of aryl methyl sites for hydroxylation is 2. The third-order valence-electron chi connectivity index (χ3n) is 15.2. The van der Waals surface area contributed by atoms with Crippen LogP contribution in [-0.4, -0.2) is 23.8 Å². The number of fused-ring (bicyclic) bond motifs is 5. The maximum atomic E-state index is 12.9. The molecule has 8 rings (SSSR count). The zero-order valence-corrected chi connectivity index (χ0v) is 49.5. The van der Waals surface area contributed by atoms with Gasteiger partial charge in [0.25, 0.3) is 0 Å². The highest BCUT2D eigenvalue weighted by Gasteiger charge is 2.42. The third kappa shape index (κ3) is 18.0. The van der Waals surface area contributed by atoms with E-state index in [1.54, 1.807) is 12.1 Å². The van der Waals surface area contributed by atoms with Gasteiger partial charge < -0.3 is 9.47 Å². The minimum atomic E-state index is -1.28. The van der Waals surface area contributed by atoms with Crippen LogP contribution in [0.1, 0.15) is 146 Å². The highest BCUT2D eigenvalue weighted by Crippen LogP contribution is 2.56. The van der Waals surface area contributed by atoms with Gasteiger partial charge in [-0.25, -0.2) is 14.8 Å². The number of hydrogen-bond donors (Lipinski definition) is 1. The van der Waals surface area contributed by atoms with E-state index in [1.807, 2.05) is 18.1 Å². The Morgan fingerprint density at radius 3 is 1.47 bits per heavy atom. The van der Waals surface area contributed by atoms with Gasteiger partial charge in [0.15, 0.2) is 0 Å². The second-order valence-corrected chi connectivity index (χ2v) is 21.1. The highest BCUT2D eigenvalue weighted by atomic mass is 18.0. The first kappa shape index (κ1) is 64.9. The molecule has 0 bridgehead atoms. The van der Waals surface area contributed by atoms with Gasteiger partial charge >= 0.3 is 11.9 Å².